The topological polar surface area (TPSA) is 38.7 Å². The average molecular weight is 325 g/mol. The average Bonchev–Trinajstić information content (AvgIpc) is 2.47. The van der Waals surface area contributed by atoms with Gasteiger partial charge in [0.2, 0.25) is 0 Å². The van der Waals surface area contributed by atoms with Gasteiger partial charge >= 0.3 is 0 Å². The van der Waals surface area contributed by atoms with Crippen molar-refractivity contribution in [2.45, 2.75) is 18.6 Å². The maximum atomic E-state index is 10.3. The lowest BCUT2D eigenvalue weighted by Gasteiger charge is -2.31. The molecule has 110 valence electrons. The second-order valence-corrected chi connectivity index (χ2v) is 5.74. The van der Waals surface area contributed by atoms with Crippen LogP contribution in [0.3, 0.4) is 0 Å². The maximum absolute atomic E-state index is 10.3. The van der Waals surface area contributed by atoms with Crippen molar-refractivity contribution in [3.8, 4) is 11.5 Å². The van der Waals surface area contributed by atoms with Crippen LogP contribution in [0.25, 0.3) is 0 Å². The van der Waals surface area contributed by atoms with Gasteiger partial charge in [-0.15, -0.1) is 0 Å². The molecule has 0 aliphatic carbocycles. The highest BCUT2D eigenvalue weighted by Crippen LogP contribution is 2.45. The van der Waals surface area contributed by atoms with Crippen LogP contribution in [0.5, 0.6) is 11.5 Å². The zero-order valence-corrected chi connectivity index (χ0v) is 12.9. The molecule has 0 saturated heterocycles. The molecular formula is C16H14Cl2O3. The number of aliphatic hydroxyl groups is 1. The van der Waals surface area contributed by atoms with Crippen molar-refractivity contribution in [2.24, 2.45) is 0 Å². The molecule has 1 aliphatic rings. The Balaban J connectivity index is 2.02. The standard InChI is InChI=1S/C16H14Cl2O3/c1-20-14-4-2-3-11(18)16(14)15-8-12(19)10-7-9(17)5-6-13(10)21-15/h2-7,12,15,19H,8H2,1H3. The van der Waals surface area contributed by atoms with E-state index in [1.165, 1.54) is 0 Å². The summed E-state index contributed by atoms with van der Waals surface area (Å²) < 4.78 is 11.3. The summed E-state index contributed by atoms with van der Waals surface area (Å²) in [5.41, 5.74) is 1.45. The molecule has 21 heavy (non-hydrogen) atoms. The third kappa shape index (κ3) is 2.69. The third-order valence-corrected chi connectivity index (χ3v) is 4.16. The molecule has 5 heteroatoms. The number of hydrogen-bond acceptors (Lipinski definition) is 3. The van der Waals surface area contributed by atoms with Crippen molar-refractivity contribution < 1.29 is 14.6 Å². The quantitative estimate of drug-likeness (QED) is 0.880. The first-order valence-electron chi connectivity index (χ1n) is 6.56. The van der Waals surface area contributed by atoms with E-state index in [4.69, 9.17) is 32.7 Å². The van der Waals surface area contributed by atoms with Crippen molar-refractivity contribution in [1.82, 2.24) is 0 Å². The Morgan fingerprint density at radius 3 is 2.81 bits per heavy atom. The van der Waals surface area contributed by atoms with Crippen LogP contribution in [-0.4, -0.2) is 12.2 Å². The number of halogens is 2. The zero-order valence-electron chi connectivity index (χ0n) is 11.3. The highest BCUT2D eigenvalue weighted by molar-refractivity contribution is 6.31. The maximum Gasteiger partial charge on any atom is 0.132 e. The van der Waals surface area contributed by atoms with Crippen molar-refractivity contribution in [3.05, 3.63) is 57.6 Å². The molecule has 0 radical (unpaired) electrons. The molecule has 3 nitrogen and oxygen atoms in total. The summed E-state index contributed by atoms with van der Waals surface area (Å²) in [6, 6.07) is 10.6. The van der Waals surface area contributed by atoms with Crippen LogP contribution < -0.4 is 9.47 Å². The van der Waals surface area contributed by atoms with E-state index in [9.17, 15) is 5.11 Å². The van der Waals surface area contributed by atoms with E-state index in [2.05, 4.69) is 0 Å². The summed E-state index contributed by atoms with van der Waals surface area (Å²) in [5, 5.41) is 11.5. The van der Waals surface area contributed by atoms with Gasteiger partial charge in [-0.2, -0.15) is 0 Å². The first-order chi connectivity index (χ1) is 10.1. The Morgan fingerprint density at radius 2 is 2.05 bits per heavy atom. The fourth-order valence-electron chi connectivity index (χ4n) is 2.60. The number of benzene rings is 2. The Labute approximate surface area is 133 Å². The normalized spacial score (nSPS) is 20.6. The van der Waals surface area contributed by atoms with Crippen LogP contribution in [0.2, 0.25) is 10.0 Å². The van der Waals surface area contributed by atoms with Gasteiger partial charge in [0.25, 0.3) is 0 Å². The molecule has 2 aromatic carbocycles. The van der Waals surface area contributed by atoms with Crippen molar-refractivity contribution >= 4 is 23.2 Å². The first-order valence-corrected chi connectivity index (χ1v) is 7.32. The summed E-state index contributed by atoms with van der Waals surface area (Å²) in [6.07, 6.45) is -0.622. The second-order valence-electron chi connectivity index (χ2n) is 4.90. The summed E-state index contributed by atoms with van der Waals surface area (Å²) >= 11 is 12.2. The molecule has 1 N–H and O–H groups in total. The molecule has 2 atom stereocenters. The van der Waals surface area contributed by atoms with Crippen LogP contribution >= 0.6 is 23.2 Å². The summed E-state index contributed by atoms with van der Waals surface area (Å²) in [5.74, 6) is 1.27. The van der Waals surface area contributed by atoms with E-state index in [0.717, 1.165) is 5.56 Å². The molecule has 0 spiro atoms. The highest BCUT2D eigenvalue weighted by atomic mass is 35.5. The number of methoxy groups -OCH3 is 1. The molecule has 0 fully saturated rings. The van der Waals surface area contributed by atoms with Crippen LogP contribution in [-0.2, 0) is 0 Å². The van der Waals surface area contributed by atoms with Gasteiger partial charge in [0.1, 0.15) is 17.6 Å². The predicted octanol–water partition coefficient (Wildman–Crippen LogP) is 4.56. The van der Waals surface area contributed by atoms with Crippen molar-refractivity contribution in [2.75, 3.05) is 7.11 Å². The Kier molecular flexibility index (Phi) is 3.98. The Hall–Kier alpha value is -1.42. The summed E-state index contributed by atoms with van der Waals surface area (Å²) in [7, 11) is 1.59. The SMILES string of the molecule is COc1cccc(Cl)c1C1CC(O)c2cc(Cl)ccc2O1. The number of fused-ring (bicyclic) bond motifs is 1. The molecule has 2 unspecified atom stereocenters. The van der Waals surface area contributed by atoms with E-state index in [0.29, 0.717) is 33.5 Å². The number of ether oxygens (including phenoxy) is 2. The first kappa shape index (κ1) is 14.5. The van der Waals surface area contributed by atoms with Crippen molar-refractivity contribution in [3.63, 3.8) is 0 Å². The molecule has 0 amide bonds. The van der Waals surface area contributed by atoms with Crippen LogP contribution in [0.1, 0.15) is 29.8 Å². The molecule has 1 aliphatic heterocycles. The van der Waals surface area contributed by atoms with Gasteiger partial charge in [0.15, 0.2) is 0 Å². The molecule has 0 bridgehead atoms. The summed E-state index contributed by atoms with van der Waals surface area (Å²) in [6.45, 7) is 0. The van der Waals surface area contributed by atoms with Gasteiger partial charge in [-0.1, -0.05) is 29.3 Å². The molecule has 0 saturated carbocycles. The van der Waals surface area contributed by atoms with Crippen LogP contribution in [0.15, 0.2) is 36.4 Å². The lowest BCUT2D eigenvalue weighted by atomic mass is 9.94. The van der Waals surface area contributed by atoms with E-state index in [1.54, 1.807) is 31.4 Å². The van der Waals surface area contributed by atoms with Gasteiger partial charge in [0, 0.05) is 17.0 Å². The van der Waals surface area contributed by atoms with E-state index >= 15 is 0 Å². The summed E-state index contributed by atoms with van der Waals surface area (Å²) in [4.78, 5) is 0. The molecule has 3 rings (SSSR count). The van der Waals surface area contributed by atoms with Gasteiger partial charge in [-0.25, -0.2) is 0 Å². The Morgan fingerprint density at radius 1 is 1.24 bits per heavy atom. The van der Waals surface area contributed by atoms with Gasteiger partial charge in [0.05, 0.1) is 23.8 Å². The molecule has 1 heterocycles. The fourth-order valence-corrected chi connectivity index (χ4v) is 3.07. The second kappa shape index (κ2) is 5.76. The number of rotatable bonds is 2. The molecular weight excluding hydrogens is 311 g/mol. The lowest BCUT2D eigenvalue weighted by Crippen LogP contribution is -2.20. The van der Waals surface area contributed by atoms with Crippen LogP contribution in [0, 0.1) is 0 Å². The van der Waals surface area contributed by atoms with Crippen molar-refractivity contribution in [1.29, 1.82) is 0 Å². The van der Waals surface area contributed by atoms with E-state index < -0.39 is 6.10 Å². The lowest BCUT2D eigenvalue weighted by molar-refractivity contribution is 0.0646. The fraction of sp³-hybridized carbons (Fsp3) is 0.250. The third-order valence-electron chi connectivity index (χ3n) is 3.59. The van der Waals surface area contributed by atoms with E-state index in [1.807, 2.05) is 12.1 Å². The minimum Gasteiger partial charge on any atom is -0.496 e. The predicted molar refractivity (Wildman–Crippen MR) is 82.4 cm³/mol. The number of hydrogen-bond donors (Lipinski definition) is 1. The molecule has 2 aromatic rings. The highest BCUT2D eigenvalue weighted by Gasteiger charge is 2.31. The molecule has 0 aromatic heterocycles. The minimum atomic E-state index is -0.654. The van der Waals surface area contributed by atoms with Crippen LogP contribution in [0.4, 0.5) is 0 Å². The minimum absolute atomic E-state index is 0.364. The largest absolute Gasteiger partial charge is 0.496 e. The zero-order chi connectivity index (χ0) is 15.0. The number of aliphatic hydroxyl groups excluding tert-OH is 1. The smallest absolute Gasteiger partial charge is 0.132 e. The Bertz CT molecular complexity index is 673. The van der Waals surface area contributed by atoms with Gasteiger partial charge in [-0.3, -0.25) is 0 Å². The van der Waals surface area contributed by atoms with Gasteiger partial charge in [-0.05, 0) is 30.3 Å². The monoisotopic (exact) mass is 324 g/mol. The van der Waals surface area contributed by atoms with Gasteiger partial charge < -0.3 is 14.6 Å². The van der Waals surface area contributed by atoms with E-state index in [-0.39, 0.29) is 6.10 Å².